The summed E-state index contributed by atoms with van der Waals surface area (Å²) in [6.07, 6.45) is 3.50. The molecule has 20 heavy (non-hydrogen) atoms. The van der Waals surface area contributed by atoms with Gasteiger partial charge in [0.15, 0.2) is 0 Å². The molecular formula is C15H20N2O2S. The number of ether oxygens (including phenoxy) is 1. The Morgan fingerprint density at radius 3 is 3.15 bits per heavy atom. The fourth-order valence-corrected chi connectivity index (χ4v) is 3.08. The number of rotatable bonds is 3. The quantitative estimate of drug-likeness (QED) is 0.863. The van der Waals surface area contributed by atoms with Crippen LogP contribution in [0.2, 0.25) is 0 Å². The summed E-state index contributed by atoms with van der Waals surface area (Å²) < 4.78 is 5.68. The Morgan fingerprint density at radius 2 is 2.45 bits per heavy atom. The van der Waals surface area contributed by atoms with Crippen molar-refractivity contribution in [2.75, 3.05) is 26.7 Å². The van der Waals surface area contributed by atoms with Crippen LogP contribution < -0.4 is 5.73 Å². The molecule has 2 rings (SSSR count). The van der Waals surface area contributed by atoms with E-state index >= 15 is 0 Å². The first-order valence-electron chi connectivity index (χ1n) is 6.86. The van der Waals surface area contributed by atoms with E-state index in [0.717, 1.165) is 25.0 Å². The van der Waals surface area contributed by atoms with Gasteiger partial charge in [0.25, 0.3) is 5.91 Å². The Bertz CT molecular complexity index is 509. The van der Waals surface area contributed by atoms with E-state index in [-0.39, 0.29) is 12.0 Å². The highest BCUT2D eigenvalue weighted by molar-refractivity contribution is 7.12. The number of hydrogen-bond acceptors (Lipinski definition) is 4. The first-order chi connectivity index (χ1) is 9.72. The molecule has 1 aliphatic heterocycles. The number of amides is 1. The highest BCUT2D eigenvalue weighted by Gasteiger charge is 2.21. The van der Waals surface area contributed by atoms with Gasteiger partial charge >= 0.3 is 0 Å². The Hall–Kier alpha value is -1.35. The monoisotopic (exact) mass is 292 g/mol. The number of likely N-dealkylation sites (N-methyl/N-ethyl adjacent to an activating group) is 1. The summed E-state index contributed by atoms with van der Waals surface area (Å²) in [4.78, 5) is 14.9. The Balaban J connectivity index is 2.01. The van der Waals surface area contributed by atoms with Crippen molar-refractivity contribution in [2.45, 2.75) is 25.4 Å². The predicted molar refractivity (Wildman–Crippen MR) is 80.8 cm³/mol. The van der Waals surface area contributed by atoms with Crippen LogP contribution in [0.25, 0.3) is 0 Å². The van der Waals surface area contributed by atoms with Gasteiger partial charge in [-0.1, -0.05) is 11.8 Å². The van der Waals surface area contributed by atoms with Gasteiger partial charge in [0.2, 0.25) is 0 Å². The molecule has 108 valence electrons. The molecular weight excluding hydrogens is 272 g/mol. The van der Waals surface area contributed by atoms with Gasteiger partial charge < -0.3 is 15.4 Å². The fourth-order valence-electron chi connectivity index (χ4n) is 2.23. The summed E-state index contributed by atoms with van der Waals surface area (Å²) in [6.45, 7) is 1.74. The summed E-state index contributed by atoms with van der Waals surface area (Å²) in [5.74, 6) is 5.75. The minimum Gasteiger partial charge on any atom is -0.376 e. The van der Waals surface area contributed by atoms with E-state index in [2.05, 4.69) is 11.8 Å². The van der Waals surface area contributed by atoms with Crippen molar-refractivity contribution in [1.82, 2.24) is 4.90 Å². The average molecular weight is 292 g/mol. The summed E-state index contributed by atoms with van der Waals surface area (Å²) in [6, 6.07) is 1.87. The van der Waals surface area contributed by atoms with Gasteiger partial charge in [-0.3, -0.25) is 4.79 Å². The Labute approximate surface area is 123 Å². The average Bonchev–Trinajstić information content (AvgIpc) is 2.93. The van der Waals surface area contributed by atoms with Crippen molar-refractivity contribution in [1.29, 1.82) is 0 Å². The maximum atomic E-state index is 12.4. The molecule has 1 saturated heterocycles. The van der Waals surface area contributed by atoms with Gasteiger partial charge in [0.1, 0.15) is 4.88 Å². The van der Waals surface area contributed by atoms with Gasteiger partial charge in [0.05, 0.1) is 12.6 Å². The SMILES string of the molecule is CN(CC1CCCCO1)C(=O)c1sccc1C#CCN. The first-order valence-corrected chi connectivity index (χ1v) is 7.74. The van der Waals surface area contributed by atoms with E-state index < -0.39 is 0 Å². The lowest BCUT2D eigenvalue weighted by Gasteiger charge is -2.27. The predicted octanol–water partition coefficient (Wildman–Crippen LogP) is 1.70. The van der Waals surface area contributed by atoms with E-state index in [9.17, 15) is 4.79 Å². The summed E-state index contributed by atoms with van der Waals surface area (Å²) >= 11 is 1.42. The van der Waals surface area contributed by atoms with Gasteiger partial charge in [0, 0.05) is 25.8 Å². The van der Waals surface area contributed by atoms with E-state index in [1.807, 2.05) is 18.5 Å². The second-order valence-electron chi connectivity index (χ2n) is 4.84. The lowest BCUT2D eigenvalue weighted by molar-refractivity contribution is -0.000105. The van der Waals surface area contributed by atoms with Gasteiger partial charge in [-0.2, -0.15) is 0 Å². The van der Waals surface area contributed by atoms with Crippen molar-refractivity contribution in [3.63, 3.8) is 0 Å². The molecule has 0 spiro atoms. The van der Waals surface area contributed by atoms with Crippen LogP contribution >= 0.6 is 11.3 Å². The molecule has 1 atom stereocenters. The van der Waals surface area contributed by atoms with Crippen LogP contribution in [0.15, 0.2) is 11.4 Å². The van der Waals surface area contributed by atoms with Crippen LogP contribution in [0.5, 0.6) is 0 Å². The number of carbonyl (C=O) groups is 1. The molecule has 0 saturated carbocycles. The maximum absolute atomic E-state index is 12.4. The van der Waals surface area contributed by atoms with Gasteiger partial charge in [-0.25, -0.2) is 0 Å². The second-order valence-corrected chi connectivity index (χ2v) is 5.76. The molecule has 2 heterocycles. The Kier molecular flexibility index (Phi) is 5.60. The van der Waals surface area contributed by atoms with E-state index in [1.54, 1.807) is 4.90 Å². The zero-order chi connectivity index (χ0) is 14.4. The lowest BCUT2D eigenvalue weighted by Crippen LogP contribution is -2.37. The zero-order valence-corrected chi connectivity index (χ0v) is 12.5. The molecule has 4 nitrogen and oxygen atoms in total. The number of hydrogen-bond donors (Lipinski definition) is 1. The first kappa shape index (κ1) is 15.0. The number of thiophene rings is 1. The van der Waals surface area contributed by atoms with Crippen LogP contribution in [0.3, 0.4) is 0 Å². The van der Waals surface area contributed by atoms with Crippen LogP contribution in [0, 0.1) is 11.8 Å². The van der Waals surface area contributed by atoms with E-state index in [1.165, 1.54) is 17.8 Å². The van der Waals surface area contributed by atoms with Crippen LogP contribution in [0.1, 0.15) is 34.5 Å². The van der Waals surface area contributed by atoms with Crippen molar-refractivity contribution in [3.8, 4) is 11.8 Å². The number of nitrogens with zero attached hydrogens (tertiary/aromatic N) is 1. The third-order valence-corrected chi connectivity index (χ3v) is 4.19. The molecule has 2 N–H and O–H groups in total. The maximum Gasteiger partial charge on any atom is 0.265 e. The molecule has 1 amide bonds. The Morgan fingerprint density at radius 1 is 1.60 bits per heavy atom. The summed E-state index contributed by atoms with van der Waals surface area (Å²) in [5, 5.41) is 1.89. The largest absolute Gasteiger partial charge is 0.376 e. The molecule has 1 aromatic rings. The van der Waals surface area contributed by atoms with Crippen molar-refractivity contribution < 1.29 is 9.53 Å². The number of nitrogens with two attached hydrogens (primary N) is 1. The molecule has 0 bridgehead atoms. The molecule has 0 radical (unpaired) electrons. The van der Waals surface area contributed by atoms with E-state index in [4.69, 9.17) is 10.5 Å². The normalized spacial score (nSPS) is 18.2. The smallest absolute Gasteiger partial charge is 0.265 e. The molecule has 0 aliphatic carbocycles. The molecule has 1 unspecified atom stereocenters. The molecule has 1 aromatic heterocycles. The number of carbonyl (C=O) groups excluding carboxylic acids is 1. The van der Waals surface area contributed by atoms with Crippen LogP contribution in [-0.4, -0.2) is 43.7 Å². The minimum absolute atomic E-state index is 0.00972. The molecule has 1 aliphatic rings. The van der Waals surface area contributed by atoms with Gasteiger partial charge in [-0.15, -0.1) is 11.3 Å². The summed E-state index contributed by atoms with van der Waals surface area (Å²) in [5.41, 5.74) is 6.14. The molecule has 1 fully saturated rings. The lowest BCUT2D eigenvalue weighted by atomic mass is 10.1. The second kappa shape index (κ2) is 7.44. The highest BCUT2D eigenvalue weighted by atomic mass is 32.1. The standard InChI is InChI=1S/C15H20N2O2S/c1-17(11-13-6-2-3-9-19-13)15(18)14-12(5-4-8-16)7-10-20-14/h7,10,13H,2-3,6,8-9,11,16H2,1H3. The summed E-state index contributed by atoms with van der Waals surface area (Å²) in [7, 11) is 1.82. The van der Waals surface area contributed by atoms with Crippen LogP contribution in [0.4, 0.5) is 0 Å². The van der Waals surface area contributed by atoms with Crippen molar-refractivity contribution >= 4 is 17.2 Å². The third kappa shape index (κ3) is 3.83. The van der Waals surface area contributed by atoms with E-state index in [0.29, 0.717) is 18.0 Å². The molecule has 5 heteroatoms. The van der Waals surface area contributed by atoms with Crippen molar-refractivity contribution in [3.05, 3.63) is 21.9 Å². The minimum atomic E-state index is 0.00972. The molecule has 0 aromatic carbocycles. The van der Waals surface area contributed by atoms with Gasteiger partial charge in [-0.05, 0) is 30.7 Å². The zero-order valence-electron chi connectivity index (χ0n) is 11.7. The highest BCUT2D eigenvalue weighted by Crippen LogP contribution is 2.19. The third-order valence-electron chi connectivity index (χ3n) is 3.28. The van der Waals surface area contributed by atoms with Crippen LogP contribution in [-0.2, 0) is 4.74 Å². The topological polar surface area (TPSA) is 55.6 Å². The fraction of sp³-hybridized carbons (Fsp3) is 0.533. The van der Waals surface area contributed by atoms with Crippen molar-refractivity contribution in [2.24, 2.45) is 5.73 Å².